The van der Waals surface area contributed by atoms with Crippen molar-refractivity contribution < 1.29 is 23.8 Å². The molecule has 1 aliphatic rings. The highest BCUT2D eigenvalue weighted by Crippen LogP contribution is 2.30. The Hall–Kier alpha value is -3.35. The van der Waals surface area contributed by atoms with Gasteiger partial charge in [-0.1, -0.05) is 12.1 Å². The van der Waals surface area contributed by atoms with Crippen LogP contribution in [0, 0.1) is 0 Å². The Morgan fingerprint density at radius 2 is 1.72 bits per heavy atom. The number of hydrazone groups is 1. The molecular formula is C18H16N2O5. The van der Waals surface area contributed by atoms with Crippen molar-refractivity contribution in [3.05, 3.63) is 59.2 Å². The van der Waals surface area contributed by atoms with Gasteiger partial charge in [0.15, 0.2) is 11.5 Å². The molecule has 0 spiro atoms. The van der Waals surface area contributed by atoms with Gasteiger partial charge < -0.3 is 14.2 Å². The lowest BCUT2D eigenvalue weighted by Gasteiger charge is -2.18. The number of nitrogens with zero attached hydrogens (tertiary/aromatic N) is 1. The summed E-state index contributed by atoms with van der Waals surface area (Å²) in [6.45, 7) is 0.954. The van der Waals surface area contributed by atoms with Crippen LogP contribution in [0.2, 0.25) is 0 Å². The maximum Gasteiger partial charge on any atom is 0.337 e. The third kappa shape index (κ3) is 3.95. The average Bonchev–Trinajstić information content (AvgIpc) is 2.67. The van der Waals surface area contributed by atoms with Gasteiger partial charge in [-0.05, 0) is 35.9 Å². The molecule has 0 saturated heterocycles. The summed E-state index contributed by atoms with van der Waals surface area (Å²) in [4.78, 5) is 23.5. The molecule has 7 heteroatoms. The number of benzene rings is 2. The molecule has 128 valence electrons. The summed E-state index contributed by atoms with van der Waals surface area (Å²) in [5.41, 5.74) is 4.04. The fourth-order valence-electron chi connectivity index (χ4n) is 2.24. The number of carbonyl (C=O) groups excluding carboxylic acids is 2. The summed E-state index contributed by atoms with van der Waals surface area (Å²) in [5, 5.41) is 3.91. The number of hydrogen-bond acceptors (Lipinski definition) is 6. The Bertz CT molecular complexity index is 815. The lowest BCUT2D eigenvalue weighted by atomic mass is 10.1. The summed E-state index contributed by atoms with van der Waals surface area (Å²) in [7, 11) is 1.32. The number of ether oxygens (including phenoxy) is 3. The van der Waals surface area contributed by atoms with Crippen LogP contribution in [0.25, 0.3) is 0 Å². The molecule has 25 heavy (non-hydrogen) atoms. The first kappa shape index (κ1) is 16.5. The molecule has 1 amide bonds. The van der Waals surface area contributed by atoms with Gasteiger partial charge in [-0.15, -0.1) is 0 Å². The van der Waals surface area contributed by atoms with Gasteiger partial charge in [-0.25, -0.2) is 10.2 Å². The smallest absolute Gasteiger partial charge is 0.337 e. The van der Waals surface area contributed by atoms with Gasteiger partial charge in [-0.3, -0.25) is 4.79 Å². The van der Waals surface area contributed by atoms with Crippen molar-refractivity contribution >= 4 is 18.1 Å². The fraction of sp³-hybridized carbons (Fsp3) is 0.167. The predicted molar refractivity (Wildman–Crippen MR) is 90.3 cm³/mol. The van der Waals surface area contributed by atoms with E-state index in [1.165, 1.54) is 13.3 Å². The SMILES string of the molecule is COC(=O)c1ccc(/C=N\NC(=O)c2ccc3c(c2)OCCO3)cc1. The van der Waals surface area contributed by atoms with Crippen molar-refractivity contribution in [3.8, 4) is 11.5 Å². The molecule has 0 fully saturated rings. The Labute approximate surface area is 144 Å². The van der Waals surface area contributed by atoms with Crippen LogP contribution in [-0.4, -0.2) is 38.4 Å². The Kier molecular flexibility index (Phi) is 4.94. The summed E-state index contributed by atoms with van der Waals surface area (Å²) in [5.74, 6) is 0.396. The number of methoxy groups -OCH3 is 1. The zero-order valence-electron chi connectivity index (χ0n) is 13.5. The third-order valence-corrected chi connectivity index (χ3v) is 3.52. The minimum atomic E-state index is -0.407. The molecule has 3 rings (SSSR count). The molecule has 0 bridgehead atoms. The molecule has 1 N–H and O–H groups in total. The number of hydrogen-bond donors (Lipinski definition) is 1. The predicted octanol–water partition coefficient (Wildman–Crippen LogP) is 2.01. The average molecular weight is 340 g/mol. The van der Waals surface area contributed by atoms with Crippen molar-refractivity contribution in [1.29, 1.82) is 0 Å². The van der Waals surface area contributed by atoms with Crippen molar-refractivity contribution in [2.45, 2.75) is 0 Å². The van der Waals surface area contributed by atoms with Gasteiger partial charge in [0.1, 0.15) is 13.2 Å². The Balaban J connectivity index is 1.62. The van der Waals surface area contributed by atoms with Gasteiger partial charge in [0.05, 0.1) is 18.9 Å². The van der Waals surface area contributed by atoms with Crippen LogP contribution < -0.4 is 14.9 Å². The monoisotopic (exact) mass is 340 g/mol. The van der Waals surface area contributed by atoms with Gasteiger partial charge in [0.25, 0.3) is 5.91 Å². The summed E-state index contributed by atoms with van der Waals surface area (Å²) in [6.07, 6.45) is 1.48. The lowest BCUT2D eigenvalue weighted by Crippen LogP contribution is -2.19. The summed E-state index contributed by atoms with van der Waals surface area (Å²) in [6, 6.07) is 11.6. The van der Waals surface area contributed by atoms with Crippen molar-refractivity contribution in [2.24, 2.45) is 5.10 Å². The number of esters is 1. The highest BCUT2D eigenvalue weighted by molar-refractivity contribution is 5.95. The second-order valence-electron chi connectivity index (χ2n) is 5.17. The van der Waals surface area contributed by atoms with Crippen LogP contribution in [0.1, 0.15) is 26.3 Å². The molecule has 0 unspecified atom stereocenters. The second kappa shape index (κ2) is 7.48. The molecule has 0 saturated carbocycles. The van der Waals surface area contributed by atoms with Crippen LogP contribution in [0.5, 0.6) is 11.5 Å². The van der Waals surface area contributed by atoms with E-state index in [0.29, 0.717) is 35.8 Å². The highest BCUT2D eigenvalue weighted by Gasteiger charge is 2.14. The lowest BCUT2D eigenvalue weighted by molar-refractivity contribution is 0.0600. The largest absolute Gasteiger partial charge is 0.486 e. The normalized spacial score (nSPS) is 12.7. The Morgan fingerprint density at radius 3 is 2.44 bits per heavy atom. The van der Waals surface area contributed by atoms with Crippen LogP contribution >= 0.6 is 0 Å². The number of nitrogens with one attached hydrogen (secondary N) is 1. The highest BCUT2D eigenvalue weighted by atomic mass is 16.6. The molecule has 1 heterocycles. The van der Waals surface area contributed by atoms with Gasteiger partial charge in [-0.2, -0.15) is 5.10 Å². The van der Waals surface area contributed by atoms with Crippen LogP contribution in [-0.2, 0) is 4.74 Å². The molecular weight excluding hydrogens is 324 g/mol. The van der Waals surface area contributed by atoms with E-state index in [4.69, 9.17) is 9.47 Å². The van der Waals surface area contributed by atoms with Gasteiger partial charge >= 0.3 is 5.97 Å². The second-order valence-corrected chi connectivity index (χ2v) is 5.17. The van der Waals surface area contributed by atoms with E-state index in [-0.39, 0.29) is 5.91 Å². The first-order valence-corrected chi connectivity index (χ1v) is 7.59. The molecule has 0 radical (unpaired) electrons. The van der Waals surface area contributed by atoms with Gasteiger partial charge in [0.2, 0.25) is 0 Å². The molecule has 1 aliphatic heterocycles. The first-order chi connectivity index (χ1) is 12.2. The molecule has 0 aromatic heterocycles. The molecule has 0 aliphatic carbocycles. The first-order valence-electron chi connectivity index (χ1n) is 7.59. The maximum atomic E-state index is 12.1. The van der Waals surface area contributed by atoms with E-state index in [1.807, 2.05) is 0 Å². The molecule has 0 atom stereocenters. The van der Waals surface area contributed by atoms with E-state index in [2.05, 4.69) is 15.3 Å². The minimum absolute atomic E-state index is 0.362. The number of carbonyl (C=O) groups is 2. The van der Waals surface area contributed by atoms with E-state index >= 15 is 0 Å². The van der Waals surface area contributed by atoms with E-state index < -0.39 is 5.97 Å². The Morgan fingerprint density at radius 1 is 1.04 bits per heavy atom. The standard InChI is InChI=1S/C18H16N2O5/c1-23-18(22)13-4-2-12(3-5-13)11-19-20-17(21)14-6-7-15-16(10-14)25-9-8-24-15/h2-7,10-11H,8-9H2,1H3,(H,20,21)/b19-11-. The summed E-state index contributed by atoms with van der Waals surface area (Å²) < 4.78 is 15.5. The van der Waals surface area contributed by atoms with Crippen molar-refractivity contribution in [1.82, 2.24) is 5.43 Å². The summed E-state index contributed by atoms with van der Waals surface area (Å²) >= 11 is 0. The topological polar surface area (TPSA) is 86.2 Å². The third-order valence-electron chi connectivity index (χ3n) is 3.52. The van der Waals surface area contributed by atoms with Crippen LogP contribution in [0.15, 0.2) is 47.6 Å². The van der Waals surface area contributed by atoms with Gasteiger partial charge in [0, 0.05) is 5.56 Å². The maximum absolute atomic E-state index is 12.1. The van der Waals surface area contributed by atoms with E-state index in [9.17, 15) is 9.59 Å². The number of rotatable bonds is 4. The molecule has 2 aromatic carbocycles. The molecule has 7 nitrogen and oxygen atoms in total. The van der Waals surface area contributed by atoms with Crippen molar-refractivity contribution in [2.75, 3.05) is 20.3 Å². The van der Waals surface area contributed by atoms with E-state index in [0.717, 1.165) is 5.56 Å². The number of fused-ring (bicyclic) bond motifs is 1. The number of amides is 1. The van der Waals surface area contributed by atoms with E-state index in [1.54, 1.807) is 42.5 Å². The fourth-order valence-corrected chi connectivity index (χ4v) is 2.24. The zero-order chi connectivity index (χ0) is 17.6. The van der Waals surface area contributed by atoms with Crippen LogP contribution in [0.4, 0.5) is 0 Å². The van der Waals surface area contributed by atoms with Crippen molar-refractivity contribution in [3.63, 3.8) is 0 Å². The quantitative estimate of drug-likeness (QED) is 0.523. The van der Waals surface area contributed by atoms with Crippen LogP contribution in [0.3, 0.4) is 0 Å². The minimum Gasteiger partial charge on any atom is -0.486 e. The zero-order valence-corrected chi connectivity index (χ0v) is 13.5. The molecule has 2 aromatic rings.